The lowest BCUT2D eigenvalue weighted by Crippen LogP contribution is -2.11. The molecule has 0 amide bonds. The van der Waals surface area contributed by atoms with Crippen LogP contribution in [0.25, 0.3) is 0 Å². The Hall–Kier alpha value is -1.16. The molecule has 0 heterocycles. The third-order valence-electron chi connectivity index (χ3n) is 1.96. The van der Waals surface area contributed by atoms with E-state index in [1.165, 1.54) is 10.5 Å². The molecule has 0 atom stereocenters. The highest BCUT2D eigenvalue weighted by molar-refractivity contribution is 7.99. The summed E-state index contributed by atoms with van der Waals surface area (Å²) in [6.45, 7) is 2.08. The van der Waals surface area contributed by atoms with Crippen LogP contribution in [0, 0.1) is 6.92 Å². The van der Waals surface area contributed by atoms with Crippen LogP contribution in [0.2, 0.25) is 0 Å². The molecule has 0 bridgehead atoms. The SMILES string of the molecule is Cc1cccc(SCCCC(N)=NO)c1. The molecule has 0 aliphatic heterocycles. The predicted molar refractivity (Wildman–Crippen MR) is 64.5 cm³/mol. The van der Waals surface area contributed by atoms with Crippen molar-refractivity contribution < 1.29 is 5.21 Å². The number of nitrogens with two attached hydrogens (primary N) is 1. The molecule has 0 aliphatic carbocycles. The highest BCUT2D eigenvalue weighted by Crippen LogP contribution is 2.19. The molecule has 82 valence electrons. The maximum Gasteiger partial charge on any atom is 0.139 e. The second-order valence-electron chi connectivity index (χ2n) is 3.36. The summed E-state index contributed by atoms with van der Waals surface area (Å²) >= 11 is 1.79. The van der Waals surface area contributed by atoms with Crippen molar-refractivity contribution in [3.8, 4) is 0 Å². The third kappa shape index (κ3) is 4.74. The van der Waals surface area contributed by atoms with Crippen molar-refractivity contribution in [2.75, 3.05) is 5.75 Å². The van der Waals surface area contributed by atoms with E-state index in [2.05, 4.69) is 36.3 Å². The molecule has 0 radical (unpaired) electrons. The molecule has 0 unspecified atom stereocenters. The van der Waals surface area contributed by atoms with Crippen LogP contribution >= 0.6 is 11.8 Å². The van der Waals surface area contributed by atoms with Crippen LogP contribution in [0.3, 0.4) is 0 Å². The summed E-state index contributed by atoms with van der Waals surface area (Å²) in [5, 5.41) is 11.3. The first kappa shape index (κ1) is 11.9. The van der Waals surface area contributed by atoms with Gasteiger partial charge in [-0.05, 0) is 31.2 Å². The predicted octanol–water partition coefficient (Wildman–Crippen LogP) is 2.61. The molecule has 0 saturated heterocycles. The van der Waals surface area contributed by atoms with Crippen LogP contribution in [0.15, 0.2) is 34.3 Å². The fraction of sp³-hybridized carbons (Fsp3) is 0.364. The minimum atomic E-state index is 0.305. The van der Waals surface area contributed by atoms with Gasteiger partial charge in [0.15, 0.2) is 0 Å². The van der Waals surface area contributed by atoms with Gasteiger partial charge in [0.2, 0.25) is 0 Å². The first-order valence-electron chi connectivity index (χ1n) is 4.88. The second kappa shape index (κ2) is 6.35. The van der Waals surface area contributed by atoms with Crippen LogP contribution in [-0.2, 0) is 0 Å². The van der Waals surface area contributed by atoms with Gasteiger partial charge in [-0.1, -0.05) is 22.9 Å². The van der Waals surface area contributed by atoms with E-state index in [1.54, 1.807) is 11.8 Å². The smallest absolute Gasteiger partial charge is 0.139 e. The topological polar surface area (TPSA) is 58.6 Å². The van der Waals surface area contributed by atoms with Gasteiger partial charge in [0, 0.05) is 11.3 Å². The molecular formula is C11H16N2OS. The molecule has 0 aliphatic rings. The molecule has 3 N–H and O–H groups in total. The zero-order valence-corrected chi connectivity index (χ0v) is 9.63. The normalized spacial score (nSPS) is 11.7. The highest BCUT2D eigenvalue weighted by Gasteiger charge is 1.96. The Balaban J connectivity index is 2.26. The molecule has 15 heavy (non-hydrogen) atoms. The van der Waals surface area contributed by atoms with Gasteiger partial charge in [-0.25, -0.2) is 0 Å². The molecule has 3 nitrogen and oxygen atoms in total. The van der Waals surface area contributed by atoms with Gasteiger partial charge < -0.3 is 10.9 Å². The van der Waals surface area contributed by atoms with Gasteiger partial charge in [-0.15, -0.1) is 11.8 Å². The van der Waals surface area contributed by atoms with E-state index < -0.39 is 0 Å². The van der Waals surface area contributed by atoms with Crippen molar-refractivity contribution in [1.82, 2.24) is 0 Å². The van der Waals surface area contributed by atoms with Crippen LogP contribution in [0.4, 0.5) is 0 Å². The van der Waals surface area contributed by atoms with Gasteiger partial charge in [0.25, 0.3) is 0 Å². The van der Waals surface area contributed by atoms with E-state index in [9.17, 15) is 0 Å². The number of thioether (sulfide) groups is 1. The number of oxime groups is 1. The average molecular weight is 224 g/mol. The maximum atomic E-state index is 8.34. The summed E-state index contributed by atoms with van der Waals surface area (Å²) in [5.41, 5.74) is 6.64. The number of nitrogens with zero attached hydrogens (tertiary/aromatic N) is 1. The van der Waals surface area contributed by atoms with Crippen LogP contribution in [0.5, 0.6) is 0 Å². The van der Waals surface area contributed by atoms with Crippen molar-refractivity contribution in [2.45, 2.75) is 24.7 Å². The Morgan fingerprint density at radius 1 is 1.53 bits per heavy atom. The summed E-state index contributed by atoms with van der Waals surface area (Å²) in [6, 6.07) is 8.40. The molecular weight excluding hydrogens is 208 g/mol. The van der Waals surface area contributed by atoms with E-state index in [-0.39, 0.29) is 0 Å². The molecule has 0 fully saturated rings. The fourth-order valence-electron chi connectivity index (χ4n) is 1.20. The summed E-state index contributed by atoms with van der Waals surface area (Å²) < 4.78 is 0. The van der Waals surface area contributed by atoms with E-state index in [4.69, 9.17) is 10.9 Å². The van der Waals surface area contributed by atoms with E-state index >= 15 is 0 Å². The number of rotatable bonds is 5. The molecule has 0 aromatic heterocycles. The van der Waals surface area contributed by atoms with E-state index in [0.717, 1.165) is 12.2 Å². The summed E-state index contributed by atoms with van der Waals surface area (Å²) in [4.78, 5) is 1.27. The number of hydrogen-bond acceptors (Lipinski definition) is 3. The molecule has 1 rings (SSSR count). The van der Waals surface area contributed by atoms with Gasteiger partial charge in [-0.3, -0.25) is 0 Å². The van der Waals surface area contributed by atoms with Crippen molar-refractivity contribution >= 4 is 17.6 Å². The lowest BCUT2D eigenvalue weighted by Gasteiger charge is -2.02. The summed E-state index contributed by atoms with van der Waals surface area (Å²) in [7, 11) is 0. The molecule has 1 aromatic rings. The largest absolute Gasteiger partial charge is 0.409 e. The first-order valence-corrected chi connectivity index (χ1v) is 5.87. The average Bonchev–Trinajstić information content (AvgIpc) is 2.24. The number of benzene rings is 1. The quantitative estimate of drug-likeness (QED) is 0.202. The Labute approximate surface area is 94.4 Å². The monoisotopic (exact) mass is 224 g/mol. The van der Waals surface area contributed by atoms with E-state index in [0.29, 0.717) is 12.3 Å². The summed E-state index contributed by atoms with van der Waals surface area (Å²) in [5.74, 6) is 1.29. The standard InChI is InChI=1S/C11H16N2OS/c1-9-4-2-5-10(8-9)15-7-3-6-11(12)13-14/h2,4-5,8,14H,3,6-7H2,1H3,(H2,12,13). The number of hydrogen-bond donors (Lipinski definition) is 2. The molecule has 0 spiro atoms. The highest BCUT2D eigenvalue weighted by atomic mass is 32.2. The summed E-state index contributed by atoms with van der Waals surface area (Å²) in [6.07, 6.45) is 1.57. The minimum Gasteiger partial charge on any atom is -0.409 e. The maximum absolute atomic E-state index is 8.34. The Morgan fingerprint density at radius 3 is 3.00 bits per heavy atom. The van der Waals surface area contributed by atoms with Crippen LogP contribution in [-0.4, -0.2) is 16.8 Å². The van der Waals surface area contributed by atoms with Crippen LogP contribution < -0.4 is 5.73 Å². The Kier molecular flexibility index (Phi) is 5.04. The Morgan fingerprint density at radius 2 is 2.33 bits per heavy atom. The molecule has 4 heteroatoms. The van der Waals surface area contributed by atoms with Crippen molar-refractivity contribution in [2.24, 2.45) is 10.9 Å². The first-order chi connectivity index (χ1) is 7.22. The van der Waals surface area contributed by atoms with Gasteiger partial charge >= 0.3 is 0 Å². The van der Waals surface area contributed by atoms with Crippen molar-refractivity contribution in [3.05, 3.63) is 29.8 Å². The van der Waals surface area contributed by atoms with Gasteiger partial charge in [-0.2, -0.15) is 0 Å². The van der Waals surface area contributed by atoms with Gasteiger partial charge in [0.1, 0.15) is 5.84 Å². The lowest BCUT2D eigenvalue weighted by molar-refractivity contribution is 0.317. The Bertz CT molecular complexity index is 339. The fourth-order valence-corrected chi connectivity index (χ4v) is 2.17. The lowest BCUT2D eigenvalue weighted by atomic mass is 10.2. The number of aryl methyl sites for hydroxylation is 1. The van der Waals surface area contributed by atoms with Crippen LogP contribution in [0.1, 0.15) is 18.4 Å². The molecule has 1 aromatic carbocycles. The third-order valence-corrected chi connectivity index (χ3v) is 3.04. The number of amidine groups is 1. The van der Waals surface area contributed by atoms with Crippen molar-refractivity contribution in [1.29, 1.82) is 0 Å². The second-order valence-corrected chi connectivity index (χ2v) is 4.53. The van der Waals surface area contributed by atoms with E-state index in [1.807, 2.05) is 0 Å². The zero-order valence-electron chi connectivity index (χ0n) is 8.81. The van der Waals surface area contributed by atoms with Crippen molar-refractivity contribution in [3.63, 3.8) is 0 Å². The van der Waals surface area contributed by atoms with Gasteiger partial charge in [0.05, 0.1) is 0 Å². The minimum absolute atomic E-state index is 0.305. The zero-order chi connectivity index (χ0) is 11.1. The molecule has 0 saturated carbocycles.